The average Bonchev–Trinajstić information content (AvgIpc) is 1.60. The molecule has 0 aliphatic carbocycles. The summed E-state index contributed by atoms with van der Waals surface area (Å²) in [5, 5.41) is 19.4. The summed E-state index contributed by atoms with van der Waals surface area (Å²) in [5.41, 5.74) is 5.05. The molecule has 0 amide bonds. The van der Waals surface area contributed by atoms with Gasteiger partial charge in [0, 0.05) is 96.8 Å². The van der Waals surface area contributed by atoms with Gasteiger partial charge in [-0.25, -0.2) is 18.8 Å². The number of rotatable bonds is 15. The lowest BCUT2D eigenvalue weighted by Crippen LogP contribution is -2.40. The number of hydrogen-bond acceptors (Lipinski definition) is 16. The Kier molecular flexibility index (Phi) is 20.9. The molecule has 3 aliphatic rings. The molecule has 0 atom stereocenters. The van der Waals surface area contributed by atoms with Gasteiger partial charge in [0.25, 0.3) is 16.7 Å². The molecule has 25 nitrogen and oxygen atoms in total. The minimum absolute atomic E-state index is 0.0804. The molecule has 10 aromatic rings. The zero-order valence-electron chi connectivity index (χ0n) is 52.1. The molecular formula is C65H78FIN18O7. The first kappa shape index (κ1) is 64.7. The number of halogens is 2. The lowest BCUT2D eigenvalue weighted by Gasteiger charge is -2.23. The third-order valence-corrected chi connectivity index (χ3v) is 18.1. The van der Waals surface area contributed by atoms with E-state index in [0.29, 0.717) is 71.4 Å². The van der Waals surface area contributed by atoms with Gasteiger partial charge < -0.3 is 35.8 Å². The molecule has 3 fully saturated rings. The number of anilines is 3. The second-order valence-corrected chi connectivity index (χ2v) is 24.2. The molecule has 0 saturated carbocycles. The number of aliphatic hydroxyl groups excluding tert-OH is 1. The van der Waals surface area contributed by atoms with Crippen molar-refractivity contribution in [2.75, 3.05) is 107 Å². The largest absolute Gasteiger partial charge is 0.396 e. The first-order chi connectivity index (χ1) is 44.8. The summed E-state index contributed by atoms with van der Waals surface area (Å²) in [5.74, 6) is 2.10. The van der Waals surface area contributed by atoms with Crippen LogP contribution in [-0.2, 0) is 53.9 Å². The highest BCUT2D eigenvalue weighted by atomic mass is 127. The lowest BCUT2D eigenvalue weighted by atomic mass is 10.00. The van der Waals surface area contributed by atoms with Crippen molar-refractivity contribution in [3.8, 4) is 11.1 Å². The average molecular weight is 1370 g/mol. The molecule has 3 aliphatic heterocycles. The van der Waals surface area contributed by atoms with E-state index in [9.17, 15) is 38.3 Å². The van der Waals surface area contributed by atoms with Gasteiger partial charge in [-0.3, -0.25) is 55.9 Å². The number of H-pyrrole nitrogens is 1. The fourth-order valence-electron chi connectivity index (χ4n) is 12.3. The summed E-state index contributed by atoms with van der Waals surface area (Å²) in [6.45, 7) is 10.6. The molecule has 13 rings (SSSR count). The Labute approximate surface area is 542 Å². The maximum absolute atomic E-state index is 13.4. The molecule has 3 saturated heterocycles. The van der Waals surface area contributed by atoms with E-state index in [4.69, 9.17) is 15.0 Å². The van der Waals surface area contributed by atoms with Gasteiger partial charge in [0.05, 0.1) is 26.2 Å². The molecule has 0 bridgehead atoms. The Hall–Kier alpha value is -8.77. The molecule has 9 heterocycles. The molecule has 6 aromatic heterocycles. The number of aryl methyl sites for hydroxylation is 3. The Bertz CT molecular complexity index is 4580. The number of imidazole rings is 3. The maximum atomic E-state index is 13.4. The Balaban J connectivity index is 0.000000141. The number of aliphatic hydroxyl groups is 1. The monoisotopic (exact) mass is 1370 g/mol. The first-order valence-electron chi connectivity index (χ1n) is 31.3. The fourth-order valence-corrected chi connectivity index (χ4v) is 12.8. The van der Waals surface area contributed by atoms with E-state index in [1.807, 2.05) is 98.6 Å². The van der Waals surface area contributed by atoms with Crippen LogP contribution in [0.3, 0.4) is 0 Å². The number of nitrogens with one attached hydrogen (secondary N) is 4. The molecule has 0 spiro atoms. The van der Waals surface area contributed by atoms with Crippen molar-refractivity contribution in [2.24, 2.45) is 21.1 Å². The Morgan fingerprint density at radius 2 is 0.935 bits per heavy atom. The van der Waals surface area contributed by atoms with Gasteiger partial charge in [-0.15, -0.1) is 0 Å². The first-order valence-corrected chi connectivity index (χ1v) is 32.4. The highest BCUT2D eigenvalue weighted by molar-refractivity contribution is 14.1. The van der Waals surface area contributed by atoms with Gasteiger partial charge in [-0.2, -0.15) is 15.0 Å². The highest BCUT2D eigenvalue weighted by Crippen LogP contribution is 2.29. The van der Waals surface area contributed by atoms with E-state index >= 15 is 0 Å². The molecular weight excluding hydrogens is 1290 g/mol. The maximum Gasteiger partial charge on any atom is 0.332 e. The zero-order valence-corrected chi connectivity index (χ0v) is 54.2. The van der Waals surface area contributed by atoms with Gasteiger partial charge >= 0.3 is 17.1 Å². The van der Waals surface area contributed by atoms with Crippen molar-refractivity contribution in [2.45, 2.75) is 58.4 Å². The number of alkyl halides is 1. The molecule has 0 radical (unpaired) electrons. The molecule has 484 valence electrons. The highest BCUT2D eigenvalue weighted by Gasteiger charge is 2.28. The topological polar surface area (TPSA) is 262 Å². The summed E-state index contributed by atoms with van der Waals surface area (Å²) < 4.78 is 26.3. The van der Waals surface area contributed by atoms with Crippen molar-refractivity contribution in [3.63, 3.8) is 0 Å². The SMILES string of the molecule is Cn1c(=O)[nH]c(=O)c2c1nc(N1CCCNCC1)n2Cc1ccccc1-c1ccccc1.Cn1c(=O)n(CCCO)c(=O)c2c1nc(N1CCCNCC1)n2Cc1ccccc1.Cn1c(=O)n(CCF)c(=O)c2c1nc(N1CCCNCC1)n2Cc1ccccc1I. The Morgan fingerprint density at radius 1 is 0.489 bits per heavy atom. The van der Waals surface area contributed by atoms with Crippen LogP contribution in [0.25, 0.3) is 44.6 Å². The number of nitrogens with zero attached hydrogens (tertiary/aromatic N) is 14. The summed E-state index contributed by atoms with van der Waals surface area (Å²) in [4.78, 5) is 100. The van der Waals surface area contributed by atoms with Crippen molar-refractivity contribution < 1.29 is 9.50 Å². The van der Waals surface area contributed by atoms with Crippen molar-refractivity contribution >= 4 is 73.9 Å². The fraction of sp³-hybridized carbons (Fsp3) is 0.400. The quantitative estimate of drug-likeness (QED) is 0.0922. The second kappa shape index (κ2) is 29.7. The van der Waals surface area contributed by atoms with Gasteiger partial charge in [-0.1, -0.05) is 103 Å². The number of hydrogen-bond donors (Lipinski definition) is 5. The van der Waals surface area contributed by atoms with Crippen LogP contribution in [0.4, 0.5) is 22.2 Å². The van der Waals surface area contributed by atoms with Crippen LogP contribution in [-0.4, -0.2) is 153 Å². The van der Waals surface area contributed by atoms with Crippen LogP contribution in [0.15, 0.2) is 138 Å². The van der Waals surface area contributed by atoms with Crippen LogP contribution < -0.4 is 64.4 Å². The van der Waals surface area contributed by atoms with Crippen molar-refractivity contribution in [1.82, 2.24) is 72.4 Å². The number of aromatic nitrogens is 12. The molecule has 27 heteroatoms. The summed E-state index contributed by atoms with van der Waals surface area (Å²) >= 11 is 2.28. The molecule has 92 heavy (non-hydrogen) atoms. The smallest absolute Gasteiger partial charge is 0.332 e. The van der Waals surface area contributed by atoms with E-state index in [1.54, 1.807) is 21.1 Å². The normalized spacial score (nSPS) is 14.8. The summed E-state index contributed by atoms with van der Waals surface area (Å²) in [7, 11) is 4.87. The number of benzene rings is 4. The predicted octanol–water partition coefficient (Wildman–Crippen LogP) is 3.38. The van der Waals surface area contributed by atoms with Gasteiger partial charge in [0.2, 0.25) is 17.8 Å². The minimum atomic E-state index is -0.782. The third-order valence-electron chi connectivity index (χ3n) is 17.0. The molecule has 0 unspecified atom stereocenters. The second-order valence-electron chi connectivity index (χ2n) is 23.1. The van der Waals surface area contributed by atoms with E-state index in [-0.39, 0.29) is 25.3 Å². The van der Waals surface area contributed by atoms with Crippen LogP contribution in [0.5, 0.6) is 0 Å². The predicted molar refractivity (Wildman–Crippen MR) is 366 cm³/mol. The number of fused-ring (bicyclic) bond motifs is 3. The molecule has 5 N–H and O–H groups in total. The third kappa shape index (κ3) is 13.7. The van der Waals surface area contributed by atoms with E-state index in [0.717, 1.165) is 140 Å². The lowest BCUT2D eigenvalue weighted by molar-refractivity contribution is 0.277. The minimum Gasteiger partial charge on any atom is -0.396 e. The van der Waals surface area contributed by atoms with Gasteiger partial charge in [0.1, 0.15) is 6.67 Å². The van der Waals surface area contributed by atoms with Gasteiger partial charge in [0.15, 0.2) is 33.5 Å². The summed E-state index contributed by atoms with van der Waals surface area (Å²) in [6.07, 6.45) is 3.27. The van der Waals surface area contributed by atoms with Crippen LogP contribution >= 0.6 is 22.6 Å². The van der Waals surface area contributed by atoms with Crippen LogP contribution in [0.1, 0.15) is 42.4 Å². The standard InChI is InChI=1S/C24H26N6O2.C21H28N6O3.C20H24FIN6O2/c1-28-21-20(22(31)27-24(28)32)30(23(26-21)29-14-7-12-25-13-15-29)16-18-10-5-6-11-19(18)17-8-3-2-4-9-17;1-24-18-17(19(29)26(21(24)30)12-6-14-28)27(15-16-7-3-2-4-8-16)20(23-18)25-11-5-9-22-10-13-25;1-25-17-16(18(29)27(11-7-21)20(25)30)28(13-14-5-2-3-6-15(14)22)19(24-17)26-10-4-8-23-9-12-26/h2-6,8-11,25H,7,12-16H2,1H3,(H,27,31,32);2-4,7-8,22,28H,5-6,9-15H2,1H3;2-3,5-6,23H,4,7-13H2,1H3. The Morgan fingerprint density at radius 3 is 1.46 bits per heavy atom. The van der Waals surface area contributed by atoms with Crippen molar-refractivity contribution in [3.05, 3.63) is 192 Å². The number of aromatic amines is 1. The van der Waals surface area contributed by atoms with Crippen LogP contribution in [0.2, 0.25) is 0 Å². The summed E-state index contributed by atoms with van der Waals surface area (Å²) in [6, 6.07) is 36.3. The van der Waals surface area contributed by atoms with Gasteiger partial charge in [-0.05, 0) is 102 Å². The zero-order chi connectivity index (χ0) is 64.4. The molecule has 4 aromatic carbocycles. The van der Waals surface area contributed by atoms with E-state index < -0.39 is 34.9 Å². The van der Waals surface area contributed by atoms with Crippen molar-refractivity contribution in [1.29, 1.82) is 0 Å². The van der Waals surface area contributed by atoms with E-state index in [1.165, 1.54) is 18.3 Å². The van der Waals surface area contributed by atoms with Crippen LogP contribution in [0, 0.1) is 3.57 Å². The van der Waals surface area contributed by atoms with E-state index in [2.05, 4.69) is 82.5 Å².